The predicted molar refractivity (Wildman–Crippen MR) is 132 cm³/mol. The zero-order valence-electron chi connectivity index (χ0n) is 19.7. The smallest absolute Gasteiger partial charge is 0.416 e. The minimum absolute atomic E-state index is 0.0838. The number of aromatic amines is 1. The molecule has 0 fully saturated rings. The maximum atomic E-state index is 12.6. The third-order valence-electron chi connectivity index (χ3n) is 5.54. The van der Waals surface area contributed by atoms with Crippen molar-refractivity contribution in [1.82, 2.24) is 25.6 Å². The van der Waals surface area contributed by atoms with Gasteiger partial charge in [-0.3, -0.25) is 9.59 Å². The Morgan fingerprint density at radius 1 is 0.897 bits per heavy atom. The molecule has 2 heterocycles. The van der Waals surface area contributed by atoms with Crippen molar-refractivity contribution >= 4 is 11.4 Å². The van der Waals surface area contributed by atoms with Crippen molar-refractivity contribution in [2.75, 3.05) is 18.5 Å². The highest BCUT2D eigenvalue weighted by molar-refractivity contribution is 5.79. The number of rotatable bonds is 9. The minimum atomic E-state index is -4.41. The van der Waals surface area contributed by atoms with E-state index in [9.17, 15) is 27.9 Å². The van der Waals surface area contributed by atoms with Crippen LogP contribution in [0.25, 0.3) is 22.5 Å². The second kappa shape index (κ2) is 10.2. The Bertz CT molecular complexity index is 1660. The van der Waals surface area contributed by atoms with Crippen LogP contribution in [0.5, 0.6) is 17.4 Å². The average molecular weight is 538 g/mol. The molecule has 3 N–H and O–H groups in total. The lowest BCUT2D eigenvalue weighted by Crippen LogP contribution is -2.32. The van der Waals surface area contributed by atoms with Gasteiger partial charge in [-0.25, -0.2) is 4.98 Å². The Balaban J connectivity index is 1.26. The third-order valence-corrected chi connectivity index (χ3v) is 5.54. The van der Waals surface area contributed by atoms with Gasteiger partial charge < -0.3 is 19.9 Å². The normalized spacial score (nSPS) is 11.5. The number of hydrogen-bond donors (Lipinski definition) is 3. The van der Waals surface area contributed by atoms with Crippen LogP contribution in [0.15, 0.2) is 70.4 Å². The average Bonchev–Trinajstić information content (AvgIpc) is 3.49. The van der Waals surface area contributed by atoms with E-state index >= 15 is 0 Å². The van der Waals surface area contributed by atoms with Gasteiger partial charge in [-0.05, 0) is 59.3 Å². The van der Waals surface area contributed by atoms with Crippen molar-refractivity contribution in [2.45, 2.75) is 6.18 Å². The summed E-state index contributed by atoms with van der Waals surface area (Å²) >= 11 is 0. The molecule has 14 heteroatoms. The Morgan fingerprint density at radius 3 is 2.28 bits per heavy atom. The number of nitrogens with zero attached hydrogens (tertiary/aromatic N) is 4. The number of pyridine rings is 1. The van der Waals surface area contributed by atoms with E-state index in [-0.39, 0.29) is 36.4 Å². The van der Waals surface area contributed by atoms with Crippen molar-refractivity contribution in [2.24, 2.45) is 0 Å². The van der Waals surface area contributed by atoms with Gasteiger partial charge in [0.15, 0.2) is 5.75 Å². The lowest BCUT2D eigenvalue weighted by molar-refractivity contribution is -0.137. The van der Waals surface area contributed by atoms with Crippen molar-refractivity contribution in [1.29, 1.82) is 0 Å². The number of H-pyrrole nitrogens is 1. The molecule has 0 unspecified atom stereocenters. The number of hydrogen-bond acceptors (Lipinski definition) is 10. The van der Waals surface area contributed by atoms with Crippen LogP contribution >= 0.6 is 0 Å². The molecule has 39 heavy (non-hydrogen) atoms. The molecule has 0 saturated heterocycles. The number of aromatic hydroxyl groups is 1. The summed E-state index contributed by atoms with van der Waals surface area (Å²) in [4.78, 5) is 27.4. The van der Waals surface area contributed by atoms with Gasteiger partial charge in [0.25, 0.3) is 10.9 Å². The molecule has 5 aromatic rings. The fraction of sp³-hybridized carbons (Fsp3) is 0.120. The Morgan fingerprint density at radius 2 is 1.64 bits per heavy atom. The number of benzene rings is 2. The van der Waals surface area contributed by atoms with E-state index in [1.54, 1.807) is 36.5 Å². The number of halogens is 3. The molecule has 0 amide bonds. The fourth-order valence-electron chi connectivity index (χ4n) is 3.60. The Hall–Kier alpha value is -5.27. The summed E-state index contributed by atoms with van der Waals surface area (Å²) in [5, 5.41) is 26.3. The Kier molecular flexibility index (Phi) is 6.66. The van der Waals surface area contributed by atoms with Crippen LogP contribution in [0, 0.1) is 0 Å². The first-order valence-electron chi connectivity index (χ1n) is 11.3. The molecular formula is C25H17F3N6O5. The van der Waals surface area contributed by atoms with E-state index in [1.165, 1.54) is 12.1 Å². The first kappa shape index (κ1) is 25.4. The highest BCUT2D eigenvalue weighted by atomic mass is 19.4. The lowest BCUT2D eigenvalue weighted by Gasteiger charge is -2.13. The largest absolute Gasteiger partial charge is 0.502 e. The van der Waals surface area contributed by atoms with E-state index in [4.69, 9.17) is 9.47 Å². The van der Waals surface area contributed by atoms with Crippen molar-refractivity contribution in [3.8, 4) is 39.9 Å². The van der Waals surface area contributed by atoms with Gasteiger partial charge >= 0.3 is 6.18 Å². The third kappa shape index (κ3) is 5.53. The standard InChI is InChI=1S/C25H17F3N6O5/c26-25(27,28)16-2-4-18(5-3-16)38-7-8-39-19-6-1-13(12-29-19)14-9-15(24-31-33-34-32-24)11-17(10-14)30-20-21(35)23(37)22(20)36/h1-6,9-12,30,35H,7-8H2,(H,31,32,33,34). The zero-order valence-corrected chi connectivity index (χ0v) is 19.7. The topological polar surface area (TPSA) is 152 Å². The minimum Gasteiger partial charge on any atom is -0.502 e. The predicted octanol–water partition coefficient (Wildman–Crippen LogP) is 3.45. The number of alkyl halides is 3. The van der Waals surface area contributed by atoms with Gasteiger partial charge in [0, 0.05) is 29.1 Å². The first-order chi connectivity index (χ1) is 18.7. The number of aromatic nitrogens is 5. The van der Waals surface area contributed by atoms with E-state index < -0.39 is 28.3 Å². The number of anilines is 2. The number of nitrogens with one attached hydrogen (secondary N) is 2. The fourth-order valence-corrected chi connectivity index (χ4v) is 3.60. The highest BCUT2D eigenvalue weighted by Gasteiger charge is 2.30. The molecule has 0 spiro atoms. The molecule has 0 radical (unpaired) electrons. The summed E-state index contributed by atoms with van der Waals surface area (Å²) in [7, 11) is 0. The summed E-state index contributed by atoms with van der Waals surface area (Å²) in [5.41, 5.74) is -0.549. The van der Waals surface area contributed by atoms with Crippen LogP contribution in [0.1, 0.15) is 5.56 Å². The number of ether oxygens (including phenoxy) is 2. The van der Waals surface area contributed by atoms with E-state index in [2.05, 4.69) is 30.9 Å². The highest BCUT2D eigenvalue weighted by Crippen LogP contribution is 2.32. The van der Waals surface area contributed by atoms with Crippen LogP contribution in [0.2, 0.25) is 0 Å². The van der Waals surface area contributed by atoms with Crippen LogP contribution in [-0.2, 0) is 6.18 Å². The molecule has 198 valence electrons. The Labute approximate surface area is 216 Å². The monoisotopic (exact) mass is 538 g/mol. The van der Waals surface area contributed by atoms with Crippen LogP contribution in [-0.4, -0.2) is 43.9 Å². The first-order valence-corrected chi connectivity index (χ1v) is 11.3. The molecule has 2 aromatic heterocycles. The summed E-state index contributed by atoms with van der Waals surface area (Å²) in [5.74, 6) is 0.195. The number of tetrazole rings is 1. The quantitative estimate of drug-likeness (QED) is 0.188. The van der Waals surface area contributed by atoms with Crippen molar-refractivity contribution in [3.63, 3.8) is 0 Å². The van der Waals surface area contributed by atoms with E-state index in [0.717, 1.165) is 12.1 Å². The molecule has 0 aliphatic carbocycles. The van der Waals surface area contributed by atoms with Gasteiger partial charge in [0.1, 0.15) is 24.7 Å². The van der Waals surface area contributed by atoms with Gasteiger partial charge in [-0.2, -0.15) is 18.4 Å². The van der Waals surface area contributed by atoms with E-state index in [1.807, 2.05) is 0 Å². The summed E-state index contributed by atoms with van der Waals surface area (Å²) in [6.45, 7) is 0.181. The summed E-state index contributed by atoms with van der Waals surface area (Å²) in [6.07, 6.45) is -2.87. The molecule has 0 aliphatic rings. The van der Waals surface area contributed by atoms with Gasteiger partial charge in [0.2, 0.25) is 11.7 Å². The molecule has 0 saturated carbocycles. The zero-order chi connectivity index (χ0) is 27.6. The maximum Gasteiger partial charge on any atom is 0.416 e. The summed E-state index contributed by atoms with van der Waals surface area (Å²) in [6, 6.07) is 12.7. The van der Waals surface area contributed by atoms with Crippen LogP contribution < -0.4 is 25.6 Å². The van der Waals surface area contributed by atoms with Crippen LogP contribution in [0.4, 0.5) is 24.5 Å². The maximum absolute atomic E-state index is 12.6. The van der Waals surface area contributed by atoms with Gasteiger partial charge in [-0.15, -0.1) is 10.2 Å². The van der Waals surface area contributed by atoms with E-state index in [0.29, 0.717) is 22.4 Å². The SMILES string of the molecule is O=c1c(O)c(Nc2cc(-c3ccc(OCCOc4ccc(C(F)(F)F)cc4)nc3)cc(-c3nn[nH]n3)c2)c1=O. The molecule has 5 rings (SSSR count). The lowest BCUT2D eigenvalue weighted by atomic mass is 10.0. The van der Waals surface area contributed by atoms with Crippen molar-refractivity contribution in [3.05, 3.63) is 86.8 Å². The molecular weight excluding hydrogens is 521 g/mol. The molecule has 0 atom stereocenters. The second-order valence-corrected chi connectivity index (χ2v) is 8.15. The summed E-state index contributed by atoms with van der Waals surface area (Å²) < 4.78 is 48.9. The van der Waals surface area contributed by atoms with Gasteiger partial charge in [-0.1, -0.05) is 0 Å². The molecule has 0 bridgehead atoms. The molecule has 11 nitrogen and oxygen atoms in total. The van der Waals surface area contributed by atoms with Gasteiger partial charge in [0.05, 0.1) is 5.56 Å². The second-order valence-electron chi connectivity index (χ2n) is 8.15. The van der Waals surface area contributed by atoms with Crippen molar-refractivity contribution < 1.29 is 27.8 Å². The van der Waals surface area contributed by atoms with Crippen LogP contribution in [0.3, 0.4) is 0 Å². The molecule has 3 aromatic carbocycles. The molecule has 0 aliphatic heterocycles.